The molecule has 0 bridgehead atoms. The summed E-state index contributed by atoms with van der Waals surface area (Å²) in [6.45, 7) is 1.94. The van der Waals surface area contributed by atoms with Gasteiger partial charge < -0.3 is 0 Å². The molecule has 2 aromatic heterocycles. The number of nitrogens with zero attached hydrogens (tertiary/aromatic N) is 1. The predicted molar refractivity (Wildman–Crippen MR) is 66.6 cm³/mol. The monoisotopic (exact) mass is 245 g/mol. The molecule has 0 aliphatic heterocycles. The summed E-state index contributed by atoms with van der Waals surface area (Å²) in [6.07, 6.45) is 3.02. The van der Waals surface area contributed by atoms with Crippen molar-refractivity contribution >= 4 is 22.9 Å². The number of aryl methyl sites for hydroxylation is 1. The molecule has 0 aliphatic rings. The van der Waals surface area contributed by atoms with Gasteiger partial charge in [0.05, 0.1) is 11.3 Å². The summed E-state index contributed by atoms with van der Waals surface area (Å²) in [6, 6.07) is 6.89. The highest BCUT2D eigenvalue weighted by Crippen LogP contribution is 2.17. The molecule has 0 saturated carbocycles. The van der Waals surface area contributed by atoms with Crippen LogP contribution in [0.15, 0.2) is 36.7 Å². The van der Waals surface area contributed by atoms with Gasteiger partial charge in [-0.15, -0.1) is 11.3 Å². The smallest absolute Gasteiger partial charge is 0.180 e. The summed E-state index contributed by atoms with van der Waals surface area (Å²) in [5, 5.41) is 0. The van der Waals surface area contributed by atoms with Gasteiger partial charge in [-0.3, -0.25) is 14.6 Å². The Labute approximate surface area is 103 Å². The number of Topliss-reactive ketones (excluding diaryl/α,β-unsaturated/α-hetero) is 2. The molecule has 0 aliphatic carbocycles. The van der Waals surface area contributed by atoms with Crippen molar-refractivity contribution in [2.24, 2.45) is 0 Å². The molecular weight excluding hydrogens is 234 g/mol. The van der Waals surface area contributed by atoms with Gasteiger partial charge in [0, 0.05) is 22.8 Å². The van der Waals surface area contributed by atoms with Gasteiger partial charge in [0.2, 0.25) is 0 Å². The second kappa shape index (κ2) is 5.01. The fraction of sp³-hybridized carbons (Fsp3) is 0.154. The Morgan fingerprint density at radius 1 is 1.12 bits per heavy atom. The van der Waals surface area contributed by atoms with Gasteiger partial charge >= 0.3 is 0 Å². The molecule has 0 fully saturated rings. The maximum atomic E-state index is 11.8. The highest BCUT2D eigenvalue weighted by Gasteiger charge is 2.14. The van der Waals surface area contributed by atoms with E-state index in [9.17, 15) is 9.59 Å². The standard InChI is InChI=1S/C13H11NO2S/c1-9-2-3-13(17-9)12(16)8-11(15)10-4-6-14-7-5-10/h2-7H,8H2,1H3. The Balaban J connectivity index is 2.07. The summed E-state index contributed by atoms with van der Waals surface area (Å²) in [5.74, 6) is -0.284. The van der Waals surface area contributed by atoms with Crippen molar-refractivity contribution in [3.63, 3.8) is 0 Å². The Hall–Kier alpha value is -1.81. The molecule has 2 aromatic rings. The first-order chi connectivity index (χ1) is 8.16. The molecule has 0 saturated heterocycles. The number of aromatic nitrogens is 1. The molecule has 17 heavy (non-hydrogen) atoms. The average molecular weight is 245 g/mol. The number of rotatable bonds is 4. The first-order valence-corrected chi connectivity index (χ1v) is 6.01. The number of hydrogen-bond donors (Lipinski definition) is 0. The van der Waals surface area contributed by atoms with Crippen molar-refractivity contribution < 1.29 is 9.59 Å². The molecule has 0 aromatic carbocycles. The minimum atomic E-state index is -0.163. The van der Waals surface area contributed by atoms with Gasteiger partial charge in [0.25, 0.3) is 0 Å². The van der Waals surface area contributed by atoms with Crippen LogP contribution in [0.25, 0.3) is 0 Å². The Morgan fingerprint density at radius 3 is 2.41 bits per heavy atom. The maximum absolute atomic E-state index is 11.8. The normalized spacial score (nSPS) is 10.2. The van der Waals surface area contributed by atoms with Gasteiger partial charge in [-0.05, 0) is 31.2 Å². The van der Waals surface area contributed by atoms with Gasteiger partial charge in [0.15, 0.2) is 11.6 Å². The first kappa shape index (κ1) is 11.7. The Kier molecular flexibility index (Phi) is 3.44. The minimum absolute atomic E-state index is 0.0794. The molecule has 2 rings (SSSR count). The quantitative estimate of drug-likeness (QED) is 0.614. The van der Waals surface area contributed by atoms with Crippen LogP contribution < -0.4 is 0 Å². The van der Waals surface area contributed by atoms with E-state index >= 15 is 0 Å². The molecule has 0 radical (unpaired) electrons. The van der Waals surface area contributed by atoms with Crippen LogP contribution >= 0.6 is 11.3 Å². The maximum Gasteiger partial charge on any atom is 0.180 e. The highest BCUT2D eigenvalue weighted by atomic mass is 32.1. The van der Waals surface area contributed by atoms with Crippen LogP contribution in [0.2, 0.25) is 0 Å². The summed E-state index contributed by atoms with van der Waals surface area (Å²) in [7, 11) is 0. The van der Waals surface area contributed by atoms with E-state index in [-0.39, 0.29) is 18.0 Å². The summed E-state index contributed by atoms with van der Waals surface area (Å²) >= 11 is 1.42. The minimum Gasteiger partial charge on any atom is -0.294 e. The second-order valence-corrected chi connectivity index (χ2v) is 4.96. The SMILES string of the molecule is Cc1ccc(C(=O)CC(=O)c2ccncc2)s1. The van der Waals surface area contributed by atoms with Crippen LogP contribution in [0.4, 0.5) is 0 Å². The second-order valence-electron chi connectivity index (χ2n) is 3.67. The van der Waals surface area contributed by atoms with Crippen LogP contribution in [0.5, 0.6) is 0 Å². The van der Waals surface area contributed by atoms with E-state index in [0.717, 1.165) is 4.88 Å². The summed E-state index contributed by atoms with van der Waals surface area (Å²) in [4.78, 5) is 29.2. The average Bonchev–Trinajstić information content (AvgIpc) is 2.77. The van der Waals surface area contributed by atoms with E-state index < -0.39 is 0 Å². The van der Waals surface area contributed by atoms with E-state index in [1.807, 2.05) is 13.0 Å². The predicted octanol–water partition coefficient (Wildman–Crippen LogP) is 2.91. The number of ketones is 2. The lowest BCUT2D eigenvalue weighted by atomic mass is 10.1. The van der Waals surface area contributed by atoms with Crippen LogP contribution in [-0.4, -0.2) is 16.6 Å². The van der Waals surface area contributed by atoms with E-state index in [2.05, 4.69) is 4.98 Å². The van der Waals surface area contributed by atoms with Crippen molar-refractivity contribution in [1.82, 2.24) is 4.98 Å². The van der Waals surface area contributed by atoms with E-state index in [1.165, 1.54) is 11.3 Å². The lowest BCUT2D eigenvalue weighted by Gasteiger charge is -1.98. The van der Waals surface area contributed by atoms with Gasteiger partial charge in [-0.25, -0.2) is 0 Å². The van der Waals surface area contributed by atoms with E-state index in [1.54, 1.807) is 30.6 Å². The highest BCUT2D eigenvalue weighted by molar-refractivity contribution is 7.14. The number of carbonyl (C=O) groups is 2. The van der Waals surface area contributed by atoms with E-state index in [4.69, 9.17) is 0 Å². The Bertz CT molecular complexity index is 546. The third-order valence-electron chi connectivity index (χ3n) is 2.34. The lowest BCUT2D eigenvalue weighted by Crippen LogP contribution is -2.07. The van der Waals surface area contributed by atoms with Crippen molar-refractivity contribution in [2.45, 2.75) is 13.3 Å². The molecule has 86 valence electrons. The number of pyridine rings is 1. The summed E-state index contributed by atoms with van der Waals surface area (Å²) in [5.41, 5.74) is 0.529. The van der Waals surface area contributed by atoms with Crippen molar-refractivity contribution in [3.05, 3.63) is 52.0 Å². The molecule has 4 heteroatoms. The number of thiophene rings is 1. The van der Waals surface area contributed by atoms with Gasteiger partial charge in [-0.2, -0.15) is 0 Å². The molecule has 0 spiro atoms. The summed E-state index contributed by atoms with van der Waals surface area (Å²) < 4.78 is 0. The van der Waals surface area contributed by atoms with Crippen LogP contribution in [-0.2, 0) is 0 Å². The molecular formula is C13H11NO2S. The Morgan fingerprint density at radius 2 is 1.82 bits per heavy atom. The topological polar surface area (TPSA) is 47.0 Å². The first-order valence-electron chi connectivity index (χ1n) is 5.19. The molecule has 0 amide bonds. The van der Waals surface area contributed by atoms with Crippen LogP contribution in [0.1, 0.15) is 31.3 Å². The zero-order chi connectivity index (χ0) is 12.3. The third-order valence-corrected chi connectivity index (χ3v) is 3.38. The number of carbonyl (C=O) groups excluding carboxylic acids is 2. The molecule has 0 unspecified atom stereocenters. The molecule has 3 nitrogen and oxygen atoms in total. The fourth-order valence-corrected chi connectivity index (χ4v) is 2.26. The number of hydrogen-bond acceptors (Lipinski definition) is 4. The van der Waals surface area contributed by atoms with Gasteiger partial charge in [-0.1, -0.05) is 0 Å². The zero-order valence-electron chi connectivity index (χ0n) is 9.34. The van der Waals surface area contributed by atoms with Crippen molar-refractivity contribution in [2.75, 3.05) is 0 Å². The van der Waals surface area contributed by atoms with Gasteiger partial charge in [0.1, 0.15) is 0 Å². The third kappa shape index (κ3) is 2.85. The van der Waals surface area contributed by atoms with Crippen LogP contribution in [0, 0.1) is 6.92 Å². The lowest BCUT2D eigenvalue weighted by molar-refractivity contribution is 0.0896. The van der Waals surface area contributed by atoms with Crippen LogP contribution in [0.3, 0.4) is 0 Å². The zero-order valence-corrected chi connectivity index (χ0v) is 10.2. The molecule has 0 atom stereocenters. The fourth-order valence-electron chi connectivity index (χ4n) is 1.46. The molecule has 0 N–H and O–H groups in total. The van der Waals surface area contributed by atoms with Crippen molar-refractivity contribution in [1.29, 1.82) is 0 Å². The molecule has 2 heterocycles. The largest absolute Gasteiger partial charge is 0.294 e. The van der Waals surface area contributed by atoms with E-state index in [0.29, 0.717) is 10.4 Å². The van der Waals surface area contributed by atoms with Crippen molar-refractivity contribution in [3.8, 4) is 0 Å².